The molecule has 1 N–H and O–H groups in total. The van der Waals surface area contributed by atoms with Crippen molar-refractivity contribution in [1.82, 2.24) is 15.2 Å². The zero-order valence-corrected chi connectivity index (χ0v) is 13.6. The largest absolute Gasteiger partial charge is 0.347 e. The molecule has 1 saturated heterocycles. The molecule has 3 rings (SSSR count). The number of carbonyl (C=O) groups is 1. The van der Waals surface area contributed by atoms with Gasteiger partial charge in [-0.1, -0.05) is 6.07 Å². The van der Waals surface area contributed by atoms with E-state index in [2.05, 4.69) is 28.2 Å². The van der Waals surface area contributed by atoms with Gasteiger partial charge in [0.15, 0.2) is 0 Å². The molecule has 0 radical (unpaired) electrons. The number of aromatic nitrogens is 1. The molecule has 22 heavy (non-hydrogen) atoms. The van der Waals surface area contributed by atoms with Crippen LogP contribution in [0.15, 0.2) is 18.3 Å². The first kappa shape index (κ1) is 15.5. The summed E-state index contributed by atoms with van der Waals surface area (Å²) in [5.41, 5.74) is 2.23. The molecule has 1 saturated carbocycles. The lowest BCUT2D eigenvalue weighted by molar-refractivity contribution is -0.122. The Morgan fingerprint density at radius 2 is 2.18 bits per heavy atom. The first-order chi connectivity index (χ1) is 10.7. The molecule has 1 aromatic heterocycles. The Bertz CT molecular complexity index is 507. The maximum atomic E-state index is 12.3. The van der Waals surface area contributed by atoms with E-state index in [1.807, 2.05) is 12.3 Å². The molecule has 1 aliphatic carbocycles. The smallest absolute Gasteiger partial charge is 0.220 e. The van der Waals surface area contributed by atoms with Crippen molar-refractivity contribution in [2.75, 3.05) is 19.6 Å². The van der Waals surface area contributed by atoms with E-state index >= 15 is 0 Å². The predicted molar refractivity (Wildman–Crippen MR) is 87.5 cm³/mol. The number of hydrogen-bond acceptors (Lipinski definition) is 3. The quantitative estimate of drug-likeness (QED) is 0.842. The van der Waals surface area contributed by atoms with Crippen LogP contribution in [0.4, 0.5) is 0 Å². The van der Waals surface area contributed by atoms with Crippen LogP contribution in [0.25, 0.3) is 0 Å². The molecule has 1 atom stereocenters. The lowest BCUT2D eigenvalue weighted by Gasteiger charge is -2.20. The van der Waals surface area contributed by atoms with Crippen molar-refractivity contribution >= 4 is 5.91 Å². The fourth-order valence-corrected chi connectivity index (χ4v) is 3.38. The highest BCUT2D eigenvalue weighted by Crippen LogP contribution is 2.41. The van der Waals surface area contributed by atoms with Gasteiger partial charge in [-0.3, -0.25) is 9.78 Å². The Morgan fingerprint density at radius 1 is 1.41 bits per heavy atom. The number of nitrogens with one attached hydrogen (secondary N) is 1. The third kappa shape index (κ3) is 4.07. The molecule has 0 bridgehead atoms. The minimum absolute atomic E-state index is 0.112. The van der Waals surface area contributed by atoms with Crippen LogP contribution in [0.1, 0.15) is 55.8 Å². The summed E-state index contributed by atoms with van der Waals surface area (Å²) in [4.78, 5) is 19.3. The molecule has 0 aromatic carbocycles. The predicted octanol–water partition coefficient (Wildman–Crippen LogP) is 2.83. The third-order valence-electron chi connectivity index (χ3n) is 4.83. The van der Waals surface area contributed by atoms with Gasteiger partial charge in [-0.15, -0.1) is 0 Å². The van der Waals surface area contributed by atoms with Crippen LogP contribution in [0.3, 0.4) is 0 Å². The fraction of sp³-hybridized carbons (Fsp3) is 0.667. The number of likely N-dealkylation sites (tertiary alicyclic amines) is 1. The molecule has 4 nitrogen and oxygen atoms in total. The van der Waals surface area contributed by atoms with Crippen LogP contribution < -0.4 is 5.32 Å². The van der Waals surface area contributed by atoms with Crippen LogP contribution in [0, 0.1) is 12.8 Å². The van der Waals surface area contributed by atoms with Crippen molar-refractivity contribution in [2.45, 2.75) is 51.5 Å². The Kier molecular flexibility index (Phi) is 5.08. The maximum absolute atomic E-state index is 12.3. The lowest BCUT2D eigenvalue weighted by Crippen LogP contribution is -2.31. The van der Waals surface area contributed by atoms with E-state index < -0.39 is 0 Å². The standard InChI is InChI=1S/C18H27N3O/c1-14-6-4-10-19-17(14)18(15-8-9-15)20-16(22)7-5-13-21-11-2-3-12-21/h4,6,10,15,18H,2-3,5,7-9,11-13H2,1H3,(H,20,22)/t18-/m1/s1. The molecule has 120 valence electrons. The highest BCUT2D eigenvalue weighted by molar-refractivity contribution is 5.76. The van der Waals surface area contributed by atoms with Gasteiger partial charge in [-0.2, -0.15) is 0 Å². The van der Waals surface area contributed by atoms with Gasteiger partial charge in [0, 0.05) is 12.6 Å². The number of aryl methyl sites for hydroxylation is 1. The number of rotatable bonds is 7. The summed E-state index contributed by atoms with van der Waals surface area (Å²) >= 11 is 0. The highest BCUT2D eigenvalue weighted by Gasteiger charge is 2.34. The molecule has 0 spiro atoms. The van der Waals surface area contributed by atoms with E-state index in [0.717, 1.165) is 18.7 Å². The molecule has 4 heteroatoms. The van der Waals surface area contributed by atoms with Crippen molar-refractivity contribution in [1.29, 1.82) is 0 Å². The number of nitrogens with zero attached hydrogens (tertiary/aromatic N) is 2. The summed E-state index contributed by atoms with van der Waals surface area (Å²) in [7, 11) is 0. The van der Waals surface area contributed by atoms with Crippen molar-refractivity contribution < 1.29 is 4.79 Å². The third-order valence-corrected chi connectivity index (χ3v) is 4.83. The van der Waals surface area contributed by atoms with E-state index in [0.29, 0.717) is 12.3 Å². The zero-order chi connectivity index (χ0) is 15.4. The van der Waals surface area contributed by atoms with Gasteiger partial charge < -0.3 is 10.2 Å². The monoisotopic (exact) mass is 301 g/mol. The van der Waals surface area contributed by atoms with Gasteiger partial charge in [0.05, 0.1) is 11.7 Å². The van der Waals surface area contributed by atoms with Crippen molar-refractivity contribution in [3.8, 4) is 0 Å². The Morgan fingerprint density at radius 3 is 2.86 bits per heavy atom. The topological polar surface area (TPSA) is 45.2 Å². The van der Waals surface area contributed by atoms with Gasteiger partial charge >= 0.3 is 0 Å². The first-order valence-electron chi connectivity index (χ1n) is 8.67. The summed E-state index contributed by atoms with van der Waals surface area (Å²) < 4.78 is 0. The normalized spacial score (nSPS) is 20.0. The zero-order valence-electron chi connectivity index (χ0n) is 13.6. The molecule has 2 aliphatic rings. The first-order valence-corrected chi connectivity index (χ1v) is 8.67. The van der Waals surface area contributed by atoms with Crippen LogP contribution in [0.5, 0.6) is 0 Å². The highest BCUT2D eigenvalue weighted by atomic mass is 16.1. The number of pyridine rings is 1. The second-order valence-electron chi connectivity index (χ2n) is 6.74. The van der Waals surface area contributed by atoms with Crippen molar-refractivity contribution in [3.05, 3.63) is 29.6 Å². The van der Waals surface area contributed by atoms with Crippen LogP contribution in [-0.4, -0.2) is 35.4 Å². The van der Waals surface area contributed by atoms with Gasteiger partial charge in [-0.25, -0.2) is 0 Å². The number of amides is 1. The SMILES string of the molecule is Cc1cccnc1[C@H](NC(=O)CCCN1CCCC1)C1CC1. The molecule has 2 heterocycles. The average Bonchev–Trinajstić information content (AvgIpc) is 3.23. The van der Waals surface area contributed by atoms with Crippen molar-refractivity contribution in [3.63, 3.8) is 0 Å². The lowest BCUT2D eigenvalue weighted by atomic mass is 10.0. The molecule has 0 unspecified atom stereocenters. The van der Waals surface area contributed by atoms with E-state index in [1.54, 1.807) is 0 Å². The van der Waals surface area contributed by atoms with Gasteiger partial charge in [0.25, 0.3) is 0 Å². The van der Waals surface area contributed by atoms with Gasteiger partial charge in [-0.05, 0) is 76.2 Å². The molecule has 1 aliphatic heterocycles. The maximum Gasteiger partial charge on any atom is 0.220 e. The van der Waals surface area contributed by atoms with E-state index in [9.17, 15) is 4.79 Å². The average molecular weight is 301 g/mol. The van der Waals surface area contributed by atoms with E-state index in [1.165, 1.54) is 44.3 Å². The minimum atomic E-state index is 0.112. The Labute approximate surface area is 133 Å². The van der Waals surface area contributed by atoms with Crippen LogP contribution >= 0.6 is 0 Å². The van der Waals surface area contributed by atoms with E-state index in [4.69, 9.17) is 0 Å². The summed E-state index contributed by atoms with van der Waals surface area (Å²) in [5.74, 6) is 0.761. The molecule has 2 fully saturated rings. The molecule has 1 aromatic rings. The summed E-state index contributed by atoms with van der Waals surface area (Å²) in [5, 5.41) is 3.24. The summed E-state index contributed by atoms with van der Waals surface area (Å²) in [6.07, 6.45) is 8.46. The second kappa shape index (κ2) is 7.23. The Hall–Kier alpha value is -1.42. The van der Waals surface area contributed by atoms with Crippen molar-refractivity contribution in [2.24, 2.45) is 5.92 Å². The second-order valence-corrected chi connectivity index (χ2v) is 6.74. The summed E-state index contributed by atoms with van der Waals surface area (Å²) in [6.45, 7) is 5.56. The summed E-state index contributed by atoms with van der Waals surface area (Å²) in [6, 6.07) is 4.15. The minimum Gasteiger partial charge on any atom is -0.347 e. The van der Waals surface area contributed by atoms with Gasteiger partial charge in [0.2, 0.25) is 5.91 Å². The van der Waals surface area contributed by atoms with Crippen LogP contribution in [-0.2, 0) is 4.79 Å². The van der Waals surface area contributed by atoms with E-state index in [-0.39, 0.29) is 11.9 Å². The number of hydrogen-bond donors (Lipinski definition) is 1. The fourth-order valence-electron chi connectivity index (χ4n) is 3.38. The van der Waals surface area contributed by atoms with Crippen LogP contribution in [0.2, 0.25) is 0 Å². The molecule has 1 amide bonds. The molecular formula is C18H27N3O. The number of carbonyl (C=O) groups excluding carboxylic acids is 1. The van der Waals surface area contributed by atoms with Gasteiger partial charge in [0.1, 0.15) is 0 Å². The Balaban J connectivity index is 1.50. The molecular weight excluding hydrogens is 274 g/mol.